The van der Waals surface area contributed by atoms with E-state index in [0.29, 0.717) is 43.2 Å². The quantitative estimate of drug-likeness (QED) is 0.889. The average Bonchev–Trinajstić information content (AvgIpc) is 2.96. The number of hydrogen-bond donors (Lipinski definition) is 1. The van der Waals surface area contributed by atoms with Crippen molar-refractivity contribution in [3.05, 3.63) is 28.8 Å². The molecule has 0 radical (unpaired) electrons. The second-order valence-electron chi connectivity index (χ2n) is 5.45. The molecule has 0 bridgehead atoms. The molecule has 1 fully saturated rings. The van der Waals surface area contributed by atoms with Crippen LogP contribution >= 0.6 is 0 Å². The van der Waals surface area contributed by atoms with E-state index < -0.39 is 11.6 Å². The molecule has 2 aliphatic rings. The zero-order valence-corrected chi connectivity index (χ0v) is 11.0. The summed E-state index contributed by atoms with van der Waals surface area (Å²) in [5.41, 5.74) is 6.37. The molecular formula is C14H18F2N2O. The van der Waals surface area contributed by atoms with Crippen LogP contribution in [0.5, 0.6) is 5.75 Å². The molecule has 19 heavy (non-hydrogen) atoms. The van der Waals surface area contributed by atoms with Gasteiger partial charge in [0.15, 0.2) is 0 Å². The molecular weight excluding hydrogens is 250 g/mol. The van der Waals surface area contributed by atoms with Gasteiger partial charge in [-0.1, -0.05) is 0 Å². The summed E-state index contributed by atoms with van der Waals surface area (Å²) in [6.07, 6.45) is 1.23. The maximum Gasteiger partial charge on any atom is 0.137 e. The molecule has 2 heterocycles. The average molecular weight is 268 g/mol. The summed E-state index contributed by atoms with van der Waals surface area (Å²) < 4.78 is 33.9. The van der Waals surface area contributed by atoms with Crippen LogP contribution in [-0.4, -0.2) is 31.6 Å². The van der Waals surface area contributed by atoms with E-state index in [9.17, 15) is 8.78 Å². The van der Waals surface area contributed by atoms with Gasteiger partial charge in [-0.15, -0.1) is 0 Å². The first kappa shape index (κ1) is 12.8. The summed E-state index contributed by atoms with van der Waals surface area (Å²) >= 11 is 0. The van der Waals surface area contributed by atoms with Crippen LogP contribution in [0.2, 0.25) is 0 Å². The Labute approximate surface area is 111 Å². The number of nitrogens with two attached hydrogens (primary N) is 1. The number of hydrogen-bond acceptors (Lipinski definition) is 3. The molecule has 0 amide bonds. The van der Waals surface area contributed by atoms with Crippen molar-refractivity contribution in [2.45, 2.75) is 18.9 Å². The van der Waals surface area contributed by atoms with Gasteiger partial charge >= 0.3 is 0 Å². The van der Waals surface area contributed by atoms with Gasteiger partial charge in [0.05, 0.1) is 6.61 Å². The van der Waals surface area contributed by atoms with Crippen molar-refractivity contribution in [3.8, 4) is 5.75 Å². The van der Waals surface area contributed by atoms with Crippen LogP contribution in [0.25, 0.3) is 0 Å². The molecule has 3 rings (SSSR count). The molecule has 5 heteroatoms. The van der Waals surface area contributed by atoms with Crippen LogP contribution in [-0.2, 0) is 6.42 Å². The zero-order chi connectivity index (χ0) is 13.6. The summed E-state index contributed by atoms with van der Waals surface area (Å²) in [6.45, 7) is 1.77. The van der Waals surface area contributed by atoms with Crippen LogP contribution in [0.15, 0.2) is 6.07 Å². The Morgan fingerprint density at radius 3 is 2.95 bits per heavy atom. The third kappa shape index (κ3) is 2.01. The number of likely N-dealkylation sites (tertiary alicyclic amines) is 1. The lowest BCUT2D eigenvalue weighted by atomic mass is 9.96. The largest absolute Gasteiger partial charge is 0.493 e. The Balaban J connectivity index is 2.01. The third-order valence-electron chi connectivity index (χ3n) is 4.22. The standard InChI is InChI=1S/C14H18F2N2O/c1-18-7-8(6-17)4-11(18)13-10(15)5-12-9(14(13)16)2-3-19-12/h5,8,11H,2-4,6-7,17H2,1H3. The molecule has 0 aromatic heterocycles. The minimum Gasteiger partial charge on any atom is -0.493 e. The van der Waals surface area contributed by atoms with Crippen LogP contribution in [0, 0.1) is 17.6 Å². The van der Waals surface area contributed by atoms with Gasteiger partial charge in [0.1, 0.15) is 17.4 Å². The van der Waals surface area contributed by atoms with E-state index in [1.807, 2.05) is 11.9 Å². The van der Waals surface area contributed by atoms with E-state index in [4.69, 9.17) is 10.5 Å². The SMILES string of the molecule is CN1CC(CN)CC1c1c(F)cc2c(c1F)CCO2. The Bertz CT molecular complexity index is 507. The molecule has 2 N–H and O–H groups in total. The van der Waals surface area contributed by atoms with E-state index in [0.717, 1.165) is 6.54 Å². The molecule has 2 aliphatic heterocycles. The van der Waals surface area contributed by atoms with Gasteiger partial charge < -0.3 is 10.5 Å². The van der Waals surface area contributed by atoms with Crippen molar-refractivity contribution in [1.29, 1.82) is 0 Å². The lowest BCUT2D eigenvalue weighted by Crippen LogP contribution is -2.22. The maximum absolute atomic E-state index is 14.5. The Morgan fingerprint density at radius 1 is 1.47 bits per heavy atom. The predicted octanol–water partition coefficient (Wildman–Crippen LogP) is 1.85. The molecule has 0 saturated carbocycles. The van der Waals surface area contributed by atoms with Gasteiger partial charge in [-0.3, -0.25) is 4.90 Å². The van der Waals surface area contributed by atoms with Gasteiger partial charge in [-0.2, -0.15) is 0 Å². The Morgan fingerprint density at radius 2 is 2.26 bits per heavy atom. The molecule has 104 valence electrons. The highest BCUT2D eigenvalue weighted by Crippen LogP contribution is 2.40. The van der Waals surface area contributed by atoms with Crippen molar-refractivity contribution < 1.29 is 13.5 Å². The monoisotopic (exact) mass is 268 g/mol. The van der Waals surface area contributed by atoms with Gasteiger partial charge in [-0.25, -0.2) is 8.78 Å². The highest BCUT2D eigenvalue weighted by atomic mass is 19.1. The summed E-state index contributed by atoms with van der Waals surface area (Å²) in [7, 11) is 1.89. The predicted molar refractivity (Wildman–Crippen MR) is 68.1 cm³/mol. The fourth-order valence-corrected chi connectivity index (χ4v) is 3.20. The van der Waals surface area contributed by atoms with Crippen molar-refractivity contribution in [3.63, 3.8) is 0 Å². The van der Waals surface area contributed by atoms with Crippen LogP contribution in [0.4, 0.5) is 8.78 Å². The summed E-state index contributed by atoms with van der Waals surface area (Å²) in [4.78, 5) is 1.99. The zero-order valence-electron chi connectivity index (χ0n) is 11.0. The molecule has 3 nitrogen and oxygen atoms in total. The molecule has 2 atom stereocenters. The molecule has 1 saturated heterocycles. The fraction of sp³-hybridized carbons (Fsp3) is 0.571. The second-order valence-corrected chi connectivity index (χ2v) is 5.45. The number of benzene rings is 1. The van der Waals surface area contributed by atoms with Crippen molar-refractivity contribution in [1.82, 2.24) is 4.90 Å². The smallest absolute Gasteiger partial charge is 0.137 e. The van der Waals surface area contributed by atoms with Gasteiger partial charge in [0.25, 0.3) is 0 Å². The minimum atomic E-state index is -0.507. The Hall–Kier alpha value is -1.20. The summed E-state index contributed by atoms with van der Waals surface area (Å²) in [6, 6.07) is 1.10. The third-order valence-corrected chi connectivity index (χ3v) is 4.22. The molecule has 1 aromatic carbocycles. The maximum atomic E-state index is 14.5. The summed E-state index contributed by atoms with van der Waals surface area (Å²) in [5.74, 6) is -0.275. The number of halogens is 2. The molecule has 0 spiro atoms. The number of nitrogens with zero attached hydrogens (tertiary/aromatic N) is 1. The topological polar surface area (TPSA) is 38.5 Å². The normalized spacial score (nSPS) is 26.5. The van der Waals surface area contributed by atoms with E-state index in [1.165, 1.54) is 6.07 Å². The lowest BCUT2D eigenvalue weighted by molar-refractivity contribution is 0.297. The highest BCUT2D eigenvalue weighted by molar-refractivity contribution is 5.43. The van der Waals surface area contributed by atoms with Crippen LogP contribution in [0.1, 0.15) is 23.6 Å². The second kappa shape index (κ2) is 4.72. The minimum absolute atomic E-state index is 0.183. The van der Waals surface area contributed by atoms with Gasteiger partial charge in [0.2, 0.25) is 0 Å². The molecule has 1 aromatic rings. The number of fused-ring (bicyclic) bond motifs is 1. The van der Waals surface area contributed by atoms with Gasteiger partial charge in [-0.05, 0) is 25.9 Å². The summed E-state index contributed by atoms with van der Waals surface area (Å²) in [5, 5.41) is 0. The molecule has 0 aliphatic carbocycles. The van der Waals surface area contributed by atoms with Crippen LogP contribution in [0.3, 0.4) is 0 Å². The first-order valence-electron chi connectivity index (χ1n) is 6.65. The lowest BCUT2D eigenvalue weighted by Gasteiger charge is -2.21. The van der Waals surface area contributed by atoms with Gasteiger partial charge in [0, 0.05) is 36.2 Å². The number of ether oxygens (including phenoxy) is 1. The van der Waals surface area contributed by atoms with E-state index in [-0.39, 0.29) is 11.6 Å². The van der Waals surface area contributed by atoms with Crippen molar-refractivity contribution in [2.75, 3.05) is 26.7 Å². The van der Waals surface area contributed by atoms with E-state index in [2.05, 4.69) is 0 Å². The van der Waals surface area contributed by atoms with E-state index in [1.54, 1.807) is 0 Å². The highest BCUT2D eigenvalue weighted by Gasteiger charge is 2.35. The first-order chi connectivity index (χ1) is 9.11. The van der Waals surface area contributed by atoms with Crippen molar-refractivity contribution in [2.24, 2.45) is 11.7 Å². The molecule has 2 unspecified atom stereocenters. The first-order valence-corrected chi connectivity index (χ1v) is 6.65. The van der Waals surface area contributed by atoms with Crippen LogP contribution < -0.4 is 10.5 Å². The van der Waals surface area contributed by atoms with E-state index >= 15 is 0 Å². The number of rotatable bonds is 2. The Kier molecular flexibility index (Phi) is 3.19. The fourth-order valence-electron chi connectivity index (χ4n) is 3.20. The van der Waals surface area contributed by atoms with Crippen molar-refractivity contribution >= 4 is 0 Å².